The fraction of sp³-hybridized carbons (Fsp3) is 0.412. The molecule has 352 valence electrons. The average Bonchev–Trinajstić information content (AvgIpc) is 3.77. The number of H-pyrrole nitrogens is 1. The summed E-state index contributed by atoms with van der Waals surface area (Å²) >= 11 is 0. The number of ether oxygens (including phenoxy) is 1. The van der Waals surface area contributed by atoms with Crippen LogP contribution in [0.15, 0.2) is 81.2 Å². The van der Waals surface area contributed by atoms with Gasteiger partial charge in [0.15, 0.2) is 11.6 Å². The van der Waals surface area contributed by atoms with Crippen molar-refractivity contribution >= 4 is 27.7 Å². The number of aromatic amines is 1. The van der Waals surface area contributed by atoms with Crippen LogP contribution >= 0.6 is 0 Å². The summed E-state index contributed by atoms with van der Waals surface area (Å²) in [4.78, 5) is 47.5. The van der Waals surface area contributed by atoms with Crippen LogP contribution in [-0.4, -0.2) is 74.0 Å². The highest BCUT2D eigenvalue weighted by Gasteiger charge is 2.59. The van der Waals surface area contributed by atoms with E-state index in [1.165, 1.54) is 27.0 Å². The molecule has 3 atom stereocenters. The molecular formula is C51H54F2N10O5. The van der Waals surface area contributed by atoms with Gasteiger partial charge in [-0.15, -0.1) is 0 Å². The van der Waals surface area contributed by atoms with Crippen LogP contribution < -0.4 is 11.4 Å². The Balaban J connectivity index is 0.00000171. The van der Waals surface area contributed by atoms with Crippen molar-refractivity contribution in [2.24, 2.45) is 5.92 Å². The number of rotatable bonds is 8. The van der Waals surface area contributed by atoms with Crippen molar-refractivity contribution < 1.29 is 24.3 Å². The number of hydrogen-bond donors (Lipinski definition) is 1. The van der Waals surface area contributed by atoms with Gasteiger partial charge in [0.25, 0.3) is 5.91 Å². The molecule has 15 nitrogen and oxygen atoms in total. The second-order valence-corrected chi connectivity index (χ2v) is 18.9. The van der Waals surface area contributed by atoms with E-state index >= 15 is 13.6 Å². The maximum Gasteiger partial charge on any atom is 0.438 e. The van der Waals surface area contributed by atoms with Crippen molar-refractivity contribution in [2.75, 3.05) is 19.8 Å². The standard InChI is InChI=1S/C49H46F2N10O5.C2H6.H2/c1-26-24-49(26,46-53-47(63)66-55-46)59-37-10-6-29(28-15-20-65-21-16-28)22-30(37)23-41(59)45(62)56-17-14-36-42(27(56)2)44(61(54-36)38-11-9-35(50)32-4-3-5-33(32)38)58-19-18-57(48(58)64)40-13-12-39-34(43(40)51)25-52-60(39)31-7-8-31;1-2;/h6,9-13,18-19,22-23,25-28,31H,3-5,7-8,14-17,20-21,24H2,1-2H3,(H,53,55,63);1-2H3;1H/t26-,27-,49-;;/m0../s1. The number of imidazole rings is 1. The second-order valence-electron chi connectivity index (χ2n) is 18.9. The average molecular weight is 925 g/mol. The molecule has 0 unspecified atom stereocenters. The van der Waals surface area contributed by atoms with E-state index in [1.807, 2.05) is 41.0 Å². The molecule has 3 aromatic carbocycles. The largest absolute Gasteiger partial charge is 0.438 e. The molecule has 13 rings (SSSR count). The summed E-state index contributed by atoms with van der Waals surface area (Å²) < 4.78 is 50.8. The van der Waals surface area contributed by atoms with Crippen LogP contribution in [0, 0.1) is 17.6 Å². The molecule has 3 fully saturated rings. The van der Waals surface area contributed by atoms with E-state index in [0.29, 0.717) is 102 Å². The summed E-state index contributed by atoms with van der Waals surface area (Å²) in [5, 5.41) is 15.0. The molecule has 5 aromatic heterocycles. The first-order chi connectivity index (χ1) is 33.1. The number of carbonyl (C=O) groups excluding carboxylic acids is 1. The van der Waals surface area contributed by atoms with E-state index in [4.69, 9.17) is 14.4 Å². The summed E-state index contributed by atoms with van der Waals surface area (Å²) in [6.07, 6.45) is 11.5. The van der Waals surface area contributed by atoms with E-state index in [1.54, 1.807) is 35.3 Å². The van der Waals surface area contributed by atoms with Gasteiger partial charge in [0.05, 0.1) is 46.3 Å². The molecule has 1 amide bonds. The Kier molecular flexibility index (Phi) is 9.90. The van der Waals surface area contributed by atoms with Crippen LogP contribution in [0.25, 0.3) is 39.0 Å². The molecule has 5 aliphatic rings. The fourth-order valence-corrected chi connectivity index (χ4v) is 11.6. The summed E-state index contributed by atoms with van der Waals surface area (Å²) in [6, 6.07) is 14.5. The molecule has 2 saturated carbocycles. The minimum absolute atomic E-state index is 0. The highest BCUT2D eigenvalue weighted by molar-refractivity contribution is 6.00. The zero-order chi connectivity index (χ0) is 46.7. The first kappa shape index (κ1) is 42.5. The maximum absolute atomic E-state index is 16.4. The van der Waals surface area contributed by atoms with E-state index < -0.39 is 28.8 Å². The molecule has 1 N–H and O–H groups in total. The van der Waals surface area contributed by atoms with Crippen molar-refractivity contribution in [1.82, 2.24) is 48.3 Å². The summed E-state index contributed by atoms with van der Waals surface area (Å²) in [5.41, 5.74) is 5.31. The highest BCUT2D eigenvalue weighted by atomic mass is 19.1. The van der Waals surface area contributed by atoms with Crippen molar-refractivity contribution in [3.8, 4) is 17.2 Å². The predicted octanol–water partition coefficient (Wildman–Crippen LogP) is 8.61. The molecule has 2 aliphatic heterocycles. The minimum Gasteiger partial charge on any atom is -0.381 e. The van der Waals surface area contributed by atoms with Gasteiger partial charge in [-0.05, 0) is 129 Å². The highest BCUT2D eigenvalue weighted by Crippen LogP contribution is 2.56. The summed E-state index contributed by atoms with van der Waals surface area (Å²) in [5.74, 6) is -0.634. The number of amides is 1. The van der Waals surface area contributed by atoms with E-state index in [9.17, 15) is 9.59 Å². The fourth-order valence-electron chi connectivity index (χ4n) is 11.6. The zero-order valence-electron chi connectivity index (χ0n) is 38.5. The molecule has 8 aromatic rings. The van der Waals surface area contributed by atoms with Crippen LogP contribution in [0.2, 0.25) is 0 Å². The first-order valence-electron chi connectivity index (χ1n) is 24.1. The van der Waals surface area contributed by atoms with Gasteiger partial charge in [-0.25, -0.2) is 23.1 Å². The number of hydrogen-bond acceptors (Lipinski definition) is 8. The lowest BCUT2D eigenvalue weighted by Gasteiger charge is -2.34. The van der Waals surface area contributed by atoms with E-state index in [2.05, 4.69) is 40.4 Å². The molecule has 0 radical (unpaired) electrons. The molecule has 1 saturated heterocycles. The van der Waals surface area contributed by atoms with Gasteiger partial charge in [-0.2, -0.15) is 10.2 Å². The number of nitrogens with zero attached hydrogens (tertiary/aromatic N) is 9. The van der Waals surface area contributed by atoms with Gasteiger partial charge in [-0.3, -0.25) is 28.1 Å². The van der Waals surface area contributed by atoms with Gasteiger partial charge < -0.3 is 14.2 Å². The van der Waals surface area contributed by atoms with Crippen molar-refractivity contribution in [1.29, 1.82) is 0 Å². The monoisotopic (exact) mass is 924 g/mol. The lowest BCUT2D eigenvalue weighted by atomic mass is 9.91. The number of benzene rings is 3. The number of fused-ring (bicyclic) bond motifs is 4. The minimum atomic E-state index is -0.840. The molecular weight excluding hydrogens is 871 g/mol. The maximum atomic E-state index is 16.4. The molecule has 68 heavy (non-hydrogen) atoms. The van der Waals surface area contributed by atoms with E-state index in [-0.39, 0.29) is 30.8 Å². The third kappa shape index (κ3) is 6.29. The predicted molar refractivity (Wildman–Crippen MR) is 251 cm³/mol. The normalized spacial score (nSPS) is 21.3. The van der Waals surface area contributed by atoms with Crippen LogP contribution in [0.4, 0.5) is 8.78 Å². The number of nitrogens with one attached hydrogen (secondary N) is 1. The Morgan fingerprint density at radius 1 is 0.897 bits per heavy atom. The Labute approximate surface area is 390 Å². The van der Waals surface area contributed by atoms with Gasteiger partial charge in [-0.1, -0.05) is 32.0 Å². The van der Waals surface area contributed by atoms with Gasteiger partial charge >= 0.3 is 11.4 Å². The summed E-state index contributed by atoms with van der Waals surface area (Å²) in [6.45, 7) is 9.72. The second kappa shape index (κ2) is 15.9. The van der Waals surface area contributed by atoms with Crippen LogP contribution in [-0.2, 0) is 29.5 Å². The van der Waals surface area contributed by atoms with Crippen molar-refractivity contribution in [3.05, 3.63) is 139 Å². The number of halogens is 2. The first-order valence-corrected chi connectivity index (χ1v) is 24.1. The van der Waals surface area contributed by atoms with Crippen LogP contribution in [0.1, 0.15) is 130 Å². The SMILES string of the molecule is CC.C[C@H]1c2c(nn(-c3ccc(F)c4c3CCC4)c2-n2ccn(-c3ccc4c(cnn4C4CC4)c3F)c2=O)CCN1C(=O)c1cc2cc(C3CCOCC3)ccc2n1[C@@]1(c2noc(=O)[nH]2)C[C@@H]1C.[HH]. The zero-order valence-corrected chi connectivity index (χ0v) is 38.5. The third-order valence-electron chi connectivity index (χ3n) is 15.3. The molecule has 17 heteroatoms. The number of aromatic nitrogens is 9. The molecule has 0 spiro atoms. The quantitative estimate of drug-likeness (QED) is 0.159. The van der Waals surface area contributed by atoms with Gasteiger partial charge in [0, 0.05) is 56.5 Å². The van der Waals surface area contributed by atoms with Crippen LogP contribution in [0.5, 0.6) is 0 Å². The van der Waals surface area contributed by atoms with Gasteiger partial charge in [0.2, 0.25) is 0 Å². The van der Waals surface area contributed by atoms with Crippen molar-refractivity contribution in [3.63, 3.8) is 0 Å². The van der Waals surface area contributed by atoms with E-state index in [0.717, 1.165) is 48.6 Å². The molecule has 7 heterocycles. The Hall–Kier alpha value is -6.88. The lowest BCUT2D eigenvalue weighted by molar-refractivity contribution is 0.0663. The Morgan fingerprint density at radius 3 is 2.40 bits per heavy atom. The third-order valence-corrected chi connectivity index (χ3v) is 15.3. The topological polar surface area (TPSA) is 156 Å². The van der Waals surface area contributed by atoms with Crippen LogP contribution in [0.3, 0.4) is 0 Å². The summed E-state index contributed by atoms with van der Waals surface area (Å²) in [7, 11) is 0. The smallest absolute Gasteiger partial charge is 0.381 e. The molecule has 0 bridgehead atoms. The number of carbonyl (C=O) groups is 1. The molecule has 3 aliphatic carbocycles. The Morgan fingerprint density at radius 2 is 1.65 bits per heavy atom. The van der Waals surface area contributed by atoms with Crippen molar-refractivity contribution in [2.45, 2.75) is 109 Å². The van der Waals surface area contributed by atoms with Gasteiger partial charge in [0.1, 0.15) is 22.9 Å². The lowest BCUT2D eigenvalue weighted by Crippen LogP contribution is -2.41. The Bertz CT molecular complexity index is 3460.